The topological polar surface area (TPSA) is 83.3 Å². The Labute approximate surface area is 131 Å². The van der Waals surface area contributed by atoms with Crippen molar-refractivity contribution in [2.45, 2.75) is 19.3 Å². The van der Waals surface area contributed by atoms with Crippen molar-refractivity contribution in [1.29, 1.82) is 0 Å². The predicted molar refractivity (Wildman–Crippen MR) is 87.8 cm³/mol. The molecule has 6 heteroatoms. The second kappa shape index (κ2) is 7.07. The summed E-state index contributed by atoms with van der Waals surface area (Å²) in [6, 6.07) is 3.92. The standard InChI is InChI=1S/C16H25N5O/c17-10-12-2-1-3-14(12)16(22)20-15-5-4-13(11-19-15)21-8-6-18-7-9-21/h4-5,11-12,14,18H,1-3,6-10,17H2,(H,19,20,22)/t12-,14-/m1/s1. The second-order valence-corrected chi connectivity index (χ2v) is 6.16. The lowest BCUT2D eigenvalue weighted by Gasteiger charge is -2.29. The van der Waals surface area contributed by atoms with Crippen molar-refractivity contribution in [3.63, 3.8) is 0 Å². The quantitative estimate of drug-likeness (QED) is 0.766. The molecule has 1 amide bonds. The molecule has 0 spiro atoms. The van der Waals surface area contributed by atoms with E-state index in [1.165, 1.54) is 0 Å². The van der Waals surface area contributed by atoms with Gasteiger partial charge in [-0.15, -0.1) is 0 Å². The van der Waals surface area contributed by atoms with Gasteiger partial charge in [-0.3, -0.25) is 4.79 Å². The summed E-state index contributed by atoms with van der Waals surface area (Å²) in [5.74, 6) is 1.06. The Morgan fingerprint density at radius 2 is 2.18 bits per heavy atom. The highest BCUT2D eigenvalue weighted by Crippen LogP contribution is 2.31. The van der Waals surface area contributed by atoms with Crippen molar-refractivity contribution in [2.24, 2.45) is 17.6 Å². The molecule has 1 aliphatic heterocycles. The molecule has 6 nitrogen and oxygen atoms in total. The minimum Gasteiger partial charge on any atom is -0.368 e. The first-order chi connectivity index (χ1) is 10.8. The molecule has 2 aliphatic rings. The summed E-state index contributed by atoms with van der Waals surface area (Å²) in [6.45, 7) is 4.58. The summed E-state index contributed by atoms with van der Waals surface area (Å²) in [5, 5.41) is 6.28. The smallest absolute Gasteiger partial charge is 0.228 e. The number of nitrogens with zero attached hydrogens (tertiary/aromatic N) is 2. The summed E-state index contributed by atoms with van der Waals surface area (Å²) in [7, 11) is 0. The highest BCUT2D eigenvalue weighted by Gasteiger charge is 2.32. The van der Waals surface area contributed by atoms with Gasteiger partial charge < -0.3 is 21.3 Å². The van der Waals surface area contributed by atoms with Gasteiger partial charge in [-0.05, 0) is 37.4 Å². The molecule has 3 rings (SSSR count). The molecule has 0 bridgehead atoms. The van der Waals surface area contributed by atoms with Crippen molar-refractivity contribution < 1.29 is 4.79 Å². The van der Waals surface area contributed by atoms with E-state index < -0.39 is 0 Å². The summed E-state index contributed by atoms with van der Waals surface area (Å²) >= 11 is 0. The molecule has 1 aromatic rings. The van der Waals surface area contributed by atoms with Gasteiger partial charge in [-0.25, -0.2) is 4.98 Å². The van der Waals surface area contributed by atoms with Crippen LogP contribution < -0.4 is 21.3 Å². The van der Waals surface area contributed by atoms with Gasteiger partial charge in [0, 0.05) is 32.1 Å². The van der Waals surface area contributed by atoms with Gasteiger partial charge >= 0.3 is 0 Å². The maximum absolute atomic E-state index is 12.3. The third-order valence-electron chi connectivity index (χ3n) is 4.78. The van der Waals surface area contributed by atoms with Gasteiger partial charge in [-0.2, -0.15) is 0 Å². The number of rotatable bonds is 4. The Bertz CT molecular complexity index is 498. The summed E-state index contributed by atoms with van der Waals surface area (Å²) in [5.41, 5.74) is 6.86. The van der Waals surface area contributed by atoms with E-state index in [4.69, 9.17) is 5.73 Å². The first-order valence-electron chi connectivity index (χ1n) is 8.20. The largest absolute Gasteiger partial charge is 0.368 e. The number of amides is 1. The van der Waals surface area contributed by atoms with E-state index in [2.05, 4.69) is 20.5 Å². The van der Waals surface area contributed by atoms with Gasteiger partial charge in [0.2, 0.25) is 5.91 Å². The lowest BCUT2D eigenvalue weighted by atomic mass is 9.95. The lowest BCUT2D eigenvalue weighted by molar-refractivity contribution is -0.120. The van der Waals surface area contributed by atoms with Crippen molar-refractivity contribution in [3.05, 3.63) is 18.3 Å². The molecule has 1 saturated carbocycles. The van der Waals surface area contributed by atoms with Crippen molar-refractivity contribution in [3.8, 4) is 0 Å². The number of hydrogen-bond acceptors (Lipinski definition) is 5. The van der Waals surface area contributed by atoms with Crippen LogP contribution in [-0.2, 0) is 4.79 Å². The fraction of sp³-hybridized carbons (Fsp3) is 0.625. The maximum atomic E-state index is 12.3. The average molecular weight is 303 g/mol. The first-order valence-corrected chi connectivity index (χ1v) is 8.20. The van der Waals surface area contributed by atoms with E-state index in [0.29, 0.717) is 18.3 Å². The molecule has 2 heterocycles. The minimum absolute atomic E-state index is 0.0413. The molecular weight excluding hydrogens is 278 g/mol. The van der Waals surface area contributed by atoms with Crippen LogP contribution in [-0.4, -0.2) is 43.6 Å². The number of nitrogens with one attached hydrogen (secondary N) is 2. The van der Waals surface area contributed by atoms with E-state index in [9.17, 15) is 4.79 Å². The Kier molecular flexibility index (Phi) is 4.90. The van der Waals surface area contributed by atoms with Crippen molar-refractivity contribution >= 4 is 17.4 Å². The average Bonchev–Trinajstić information content (AvgIpc) is 3.05. The molecule has 1 aromatic heterocycles. The fourth-order valence-electron chi connectivity index (χ4n) is 3.45. The van der Waals surface area contributed by atoms with Crippen LogP contribution >= 0.6 is 0 Å². The highest BCUT2D eigenvalue weighted by molar-refractivity contribution is 5.92. The van der Waals surface area contributed by atoms with Crippen LogP contribution in [0.3, 0.4) is 0 Å². The van der Waals surface area contributed by atoms with Crippen LogP contribution in [0.5, 0.6) is 0 Å². The van der Waals surface area contributed by atoms with E-state index in [0.717, 1.165) is 51.1 Å². The van der Waals surface area contributed by atoms with Crippen molar-refractivity contribution in [2.75, 3.05) is 42.9 Å². The van der Waals surface area contributed by atoms with Crippen LogP contribution in [0.4, 0.5) is 11.5 Å². The molecule has 22 heavy (non-hydrogen) atoms. The molecule has 1 saturated heterocycles. The monoisotopic (exact) mass is 303 g/mol. The van der Waals surface area contributed by atoms with E-state index in [1.807, 2.05) is 18.3 Å². The number of hydrogen-bond donors (Lipinski definition) is 3. The second-order valence-electron chi connectivity index (χ2n) is 6.16. The number of pyridine rings is 1. The molecule has 2 atom stereocenters. The Morgan fingerprint density at radius 1 is 1.36 bits per heavy atom. The Morgan fingerprint density at radius 3 is 2.86 bits per heavy atom. The number of carbonyl (C=O) groups excluding carboxylic acids is 1. The number of carbonyl (C=O) groups is 1. The number of piperazine rings is 1. The highest BCUT2D eigenvalue weighted by atomic mass is 16.2. The molecule has 2 fully saturated rings. The van der Waals surface area contributed by atoms with Gasteiger partial charge in [-0.1, -0.05) is 6.42 Å². The number of aromatic nitrogens is 1. The zero-order valence-electron chi connectivity index (χ0n) is 12.9. The third kappa shape index (κ3) is 3.39. The van der Waals surface area contributed by atoms with Crippen molar-refractivity contribution in [1.82, 2.24) is 10.3 Å². The zero-order valence-corrected chi connectivity index (χ0v) is 12.9. The van der Waals surface area contributed by atoms with E-state index in [-0.39, 0.29) is 11.8 Å². The summed E-state index contributed by atoms with van der Waals surface area (Å²) in [4.78, 5) is 19.0. The summed E-state index contributed by atoms with van der Waals surface area (Å²) < 4.78 is 0. The minimum atomic E-state index is 0.0413. The molecule has 0 aromatic carbocycles. The normalized spacial score (nSPS) is 25.2. The molecule has 120 valence electrons. The molecule has 1 aliphatic carbocycles. The SMILES string of the molecule is NC[C@H]1CCC[C@H]1C(=O)Nc1ccc(N2CCNCC2)cn1. The molecule has 0 unspecified atom stereocenters. The molecule has 0 radical (unpaired) electrons. The van der Waals surface area contributed by atoms with Gasteiger partial charge in [0.05, 0.1) is 11.9 Å². The Balaban J connectivity index is 1.59. The van der Waals surface area contributed by atoms with Crippen LogP contribution in [0.25, 0.3) is 0 Å². The molecule has 4 N–H and O–H groups in total. The molecular formula is C16H25N5O. The lowest BCUT2D eigenvalue weighted by Crippen LogP contribution is -2.43. The van der Waals surface area contributed by atoms with E-state index in [1.54, 1.807) is 0 Å². The Hall–Kier alpha value is -1.66. The van der Waals surface area contributed by atoms with E-state index >= 15 is 0 Å². The van der Waals surface area contributed by atoms with Crippen LogP contribution in [0.2, 0.25) is 0 Å². The van der Waals surface area contributed by atoms with Crippen LogP contribution in [0.1, 0.15) is 19.3 Å². The number of nitrogens with two attached hydrogens (primary N) is 1. The van der Waals surface area contributed by atoms with Gasteiger partial charge in [0.15, 0.2) is 0 Å². The van der Waals surface area contributed by atoms with Gasteiger partial charge in [0.1, 0.15) is 5.82 Å². The summed E-state index contributed by atoms with van der Waals surface area (Å²) in [6.07, 6.45) is 4.93. The van der Waals surface area contributed by atoms with Crippen LogP contribution in [0, 0.1) is 11.8 Å². The van der Waals surface area contributed by atoms with Crippen LogP contribution in [0.15, 0.2) is 18.3 Å². The fourth-order valence-corrected chi connectivity index (χ4v) is 3.45. The number of anilines is 2. The zero-order chi connectivity index (χ0) is 15.4. The predicted octanol–water partition coefficient (Wildman–Crippen LogP) is 0.805. The maximum Gasteiger partial charge on any atom is 0.228 e. The first kappa shape index (κ1) is 15.2. The van der Waals surface area contributed by atoms with Gasteiger partial charge in [0.25, 0.3) is 0 Å². The third-order valence-corrected chi connectivity index (χ3v) is 4.78.